The maximum Gasteiger partial charge on any atom is 0.129 e. The molecule has 2 aromatic rings. The van der Waals surface area contributed by atoms with Crippen LogP contribution >= 0.6 is 27.3 Å². The van der Waals surface area contributed by atoms with E-state index in [2.05, 4.69) is 15.9 Å². The number of aryl methyl sites for hydroxylation is 1. The van der Waals surface area contributed by atoms with Gasteiger partial charge in [-0.15, -0.1) is 0 Å². The minimum absolute atomic E-state index is 0.302. The highest BCUT2D eigenvalue weighted by Gasteiger charge is 2.17. The smallest absolute Gasteiger partial charge is 0.129 e. The standard InChI is InChI=1S/C12H10BrFOS/c1-7-5-16-6-10(7)12(15)9-4-8(13)2-3-11(9)14/h2-6,12,15H,1H3. The first-order valence-corrected chi connectivity index (χ1v) is 6.49. The molecule has 1 unspecified atom stereocenters. The van der Waals surface area contributed by atoms with Crippen LogP contribution in [0, 0.1) is 12.7 Å². The van der Waals surface area contributed by atoms with Crippen LogP contribution in [-0.2, 0) is 0 Å². The maximum absolute atomic E-state index is 13.6. The zero-order valence-corrected chi connectivity index (χ0v) is 11.0. The number of hydrogen-bond acceptors (Lipinski definition) is 2. The molecule has 1 aromatic carbocycles. The summed E-state index contributed by atoms with van der Waals surface area (Å²) in [5.41, 5.74) is 2.05. The second-order valence-electron chi connectivity index (χ2n) is 3.58. The van der Waals surface area contributed by atoms with Crippen molar-refractivity contribution >= 4 is 27.3 Å². The average Bonchev–Trinajstić information content (AvgIpc) is 2.67. The van der Waals surface area contributed by atoms with Gasteiger partial charge in [-0.3, -0.25) is 0 Å². The fourth-order valence-electron chi connectivity index (χ4n) is 1.54. The molecular weight excluding hydrogens is 291 g/mol. The Bertz CT molecular complexity index is 509. The molecule has 0 aliphatic rings. The predicted octanol–water partition coefficient (Wildman–Crippen LogP) is 4.04. The van der Waals surface area contributed by atoms with Gasteiger partial charge in [-0.2, -0.15) is 11.3 Å². The van der Waals surface area contributed by atoms with Crippen LogP contribution in [0.2, 0.25) is 0 Å². The molecule has 0 saturated heterocycles. The zero-order valence-electron chi connectivity index (χ0n) is 8.58. The van der Waals surface area contributed by atoms with Crippen molar-refractivity contribution in [2.45, 2.75) is 13.0 Å². The quantitative estimate of drug-likeness (QED) is 0.887. The molecule has 1 N–H and O–H groups in total. The van der Waals surface area contributed by atoms with E-state index in [4.69, 9.17) is 0 Å². The van der Waals surface area contributed by atoms with Gasteiger partial charge in [-0.25, -0.2) is 4.39 Å². The number of aliphatic hydroxyl groups is 1. The third-order valence-electron chi connectivity index (χ3n) is 2.44. The summed E-state index contributed by atoms with van der Waals surface area (Å²) in [6.07, 6.45) is -0.899. The van der Waals surface area contributed by atoms with Crippen molar-refractivity contribution in [3.63, 3.8) is 0 Å². The topological polar surface area (TPSA) is 20.2 Å². The van der Waals surface area contributed by atoms with Crippen molar-refractivity contribution in [1.29, 1.82) is 0 Å². The Labute approximate surface area is 106 Å². The Morgan fingerprint density at radius 2 is 2.06 bits per heavy atom. The number of halogens is 2. The van der Waals surface area contributed by atoms with Crippen LogP contribution in [0.15, 0.2) is 33.4 Å². The first kappa shape index (κ1) is 11.8. The van der Waals surface area contributed by atoms with Gasteiger partial charge < -0.3 is 5.11 Å². The second kappa shape index (κ2) is 4.65. The number of benzene rings is 1. The van der Waals surface area contributed by atoms with Gasteiger partial charge >= 0.3 is 0 Å². The van der Waals surface area contributed by atoms with E-state index in [1.54, 1.807) is 12.1 Å². The molecule has 4 heteroatoms. The Hall–Kier alpha value is -0.710. The molecule has 0 spiro atoms. The van der Waals surface area contributed by atoms with Gasteiger partial charge in [0.05, 0.1) is 0 Å². The summed E-state index contributed by atoms with van der Waals surface area (Å²) >= 11 is 4.78. The van der Waals surface area contributed by atoms with Crippen LogP contribution in [0.1, 0.15) is 22.8 Å². The second-order valence-corrected chi connectivity index (χ2v) is 5.24. The number of thiophene rings is 1. The van der Waals surface area contributed by atoms with Gasteiger partial charge in [0.1, 0.15) is 11.9 Å². The van der Waals surface area contributed by atoms with E-state index in [0.717, 1.165) is 15.6 Å². The number of rotatable bonds is 2. The van der Waals surface area contributed by atoms with Gasteiger partial charge in [0.2, 0.25) is 0 Å². The fourth-order valence-corrected chi connectivity index (χ4v) is 2.79. The van der Waals surface area contributed by atoms with Gasteiger partial charge in [0, 0.05) is 10.0 Å². The third-order valence-corrected chi connectivity index (χ3v) is 3.82. The zero-order chi connectivity index (χ0) is 11.7. The molecular formula is C12H10BrFOS. The Balaban J connectivity index is 2.45. The van der Waals surface area contributed by atoms with Crippen molar-refractivity contribution in [3.05, 3.63) is 55.9 Å². The van der Waals surface area contributed by atoms with Crippen molar-refractivity contribution < 1.29 is 9.50 Å². The van der Waals surface area contributed by atoms with Gasteiger partial charge in [0.25, 0.3) is 0 Å². The van der Waals surface area contributed by atoms with Crippen molar-refractivity contribution in [2.24, 2.45) is 0 Å². The molecule has 1 heterocycles. The lowest BCUT2D eigenvalue weighted by molar-refractivity contribution is 0.214. The first-order chi connectivity index (χ1) is 7.59. The van der Waals surface area contributed by atoms with Gasteiger partial charge in [0.15, 0.2) is 0 Å². The van der Waals surface area contributed by atoms with Crippen molar-refractivity contribution in [3.8, 4) is 0 Å². The maximum atomic E-state index is 13.6. The lowest BCUT2D eigenvalue weighted by Gasteiger charge is -2.12. The summed E-state index contributed by atoms with van der Waals surface area (Å²) < 4.78 is 14.3. The van der Waals surface area contributed by atoms with Crippen LogP contribution in [0.25, 0.3) is 0 Å². The molecule has 0 fully saturated rings. The summed E-state index contributed by atoms with van der Waals surface area (Å²) in [5, 5.41) is 13.9. The van der Waals surface area contributed by atoms with Crippen molar-refractivity contribution in [2.75, 3.05) is 0 Å². The number of aliphatic hydroxyl groups excluding tert-OH is 1. The average molecular weight is 301 g/mol. The summed E-state index contributed by atoms with van der Waals surface area (Å²) in [6.45, 7) is 1.91. The van der Waals surface area contributed by atoms with Gasteiger partial charge in [-0.05, 0) is 47.0 Å². The molecule has 84 valence electrons. The van der Waals surface area contributed by atoms with Crippen LogP contribution in [-0.4, -0.2) is 5.11 Å². The minimum Gasteiger partial charge on any atom is -0.384 e. The predicted molar refractivity (Wildman–Crippen MR) is 67.2 cm³/mol. The Morgan fingerprint density at radius 1 is 1.31 bits per heavy atom. The Morgan fingerprint density at radius 3 is 2.69 bits per heavy atom. The largest absolute Gasteiger partial charge is 0.384 e. The van der Waals surface area contributed by atoms with Gasteiger partial charge in [-0.1, -0.05) is 15.9 Å². The van der Waals surface area contributed by atoms with Crippen LogP contribution < -0.4 is 0 Å². The molecule has 1 atom stereocenters. The minimum atomic E-state index is -0.899. The lowest BCUT2D eigenvalue weighted by Crippen LogP contribution is -2.02. The lowest BCUT2D eigenvalue weighted by atomic mass is 10.0. The fraction of sp³-hybridized carbons (Fsp3) is 0.167. The SMILES string of the molecule is Cc1cscc1C(O)c1cc(Br)ccc1F. The molecule has 16 heavy (non-hydrogen) atoms. The molecule has 0 saturated carbocycles. The van der Waals surface area contributed by atoms with E-state index in [0.29, 0.717) is 5.56 Å². The summed E-state index contributed by atoms with van der Waals surface area (Å²) in [7, 11) is 0. The van der Waals surface area contributed by atoms with E-state index in [1.165, 1.54) is 17.4 Å². The first-order valence-electron chi connectivity index (χ1n) is 4.75. The molecule has 0 bridgehead atoms. The molecule has 0 aliphatic heterocycles. The van der Waals surface area contributed by atoms with E-state index in [9.17, 15) is 9.50 Å². The number of hydrogen-bond donors (Lipinski definition) is 1. The summed E-state index contributed by atoms with van der Waals surface area (Å²) in [4.78, 5) is 0. The van der Waals surface area contributed by atoms with E-state index >= 15 is 0 Å². The Kier molecular flexibility index (Phi) is 3.42. The van der Waals surface area contributed by atoms with Crippen LogP contribution in [0.3, 0.4) is 0 Å². The van der Waals surface area contributed by atoms with E-state index in [-0.39, 0.29) is 5.82 Å². The molecule has 0 aliphatic carbocycles. The molecule has 1 aromatic heterocycles. The van der Waals surface area contributed by atoms with E-state index < -0.39 is 6.10 Å². The molecule has 0 amide bonds. The molecule has 2 rings (SSSR count). The van der Waals surface area contributed by atoms with Crippen LogP contribution in [0.4, 0.5) is 4.39 Å². The van der Waals surface area contributed by atoms with Crippen molar-refractivity contribution in [1.82, 2.24) is 0 Å². The normalized spacial score (nSPS) is 12.8. The van der Waals surface area contributed by atoms with Crippen LogP contribution in [0.5, 0.6) is 0 Å². The highest BCUT2D eigenvalue weighted by molar-refractivity contribution is 9.10. The molecule has 0 radical (unpaired) electrons. The van der Waals surface area contributed by atoms with E-state index in [1.807, 2.05) is 17.7 Å². The summed E-state index contributed by atoms with van der Waals surface area (Å²) in [5.74, 6) is -0.388. The highest BCUT2D eigenvalue weighted by atomic mass is 79.9. The monoisotopic (exact) mass is 300 g/mol. The highest BCUT2D eigenvalue weighted by Crippen LogP contribution is 2.30. The molecule has 1 nitrogen and oxygen atoms in total. The third kappa shape index (κ3) is 2.19. The summed E-state index contributed by atoms with van der Waals surface area (Å²) in [6, 6.07) is 4.58.